The van der Waals surface area contributed by atoms with E-state index in [9.17, 15) is 24.3 Å². The normalized spacial score (nSPS) is 24.4. The van der Waals surface area contributed by atoms with E-state index in [4.69, 9.17) is 5.73 Å². The average molecular weight is 416 g/mol. The highest BCUT2D eigenvalue weighted by atomic mass is 16.4. The highest BCUT2D eigenvalue weighted by Gasteiger charge is 2.44. The van der Waals surface area contributed by atoms with Crippen LogP contribution in [-0.2, 0) is 25.6 Å². The Kier molecular flexibility index (Phi) is 7.04. The molecule has 2 fully saturated rings. The van der Waals surface area contributed by atoms with Crippen LogP contribution in [0.1, 0.15) is 31.2 Å². The summed E-state index contributed by atoms with van der Waals surface area (Å²) in [4.78, 5) is 50.5. The van der Waals surface area contributed by atoms with Crippen LogP contribution < -0.4 is 16.4 Å². The number of aliphatic carboxylic acids is 1. The first-order valence-electron chi connectivity index (χ1n) is 10.3. The number of primary amides is 1. The van der Waals surface area contributed by atoms with Crippen LogP contribution in [0.5, 0.6) is 0 Å². The van der Waals surface area contributed by atoms with Crippen molar-refractivity contribution in [1.82, 2.24) is 15.5 Å². The van der Waals surface area contributed by atoms with Crippen molar-refractivity contribution in [3.8, 4) is 0 Å². The quantitative estimate of drug-likeness (QED) is 0.456. The summed E-state index contributed by atoms with van der Waals surface area (Å²) >= 11 is 0. The standard InChI is InChI=1S/C21H28N4O5/c22-17(26)12-14-8-10-25(18(14)21(29)30)20(28)16(11-13-5-2-1-3-6-13)24-19(27)15-7-4-9-23-15/h1-3,5-6,14-16,18,23H,4,7-12H2,(H2,22,26)(H,24,27)(H,29,30)/t14-,15+,16+,18+/m1/s1. The molecular weight excluding hydrogens is 388 g/mol. The van der Waals surface area contributed by atoms with Gasteiger partial charge in [-0.05, 0) is 31.4 Å². The number of carbonyl (C=O) groups is 4. The fraction of sp³-hybridized carbons (Fsp3) is 0.524. The largest absolute Gasteiger partial charge is 0.480 e. The van der Waals surface area contributed by atoms with E-state index in [1.165, 1.54) is 4.90 Å². The van der Waals surface area contributed by atoms with Gasteiger partial charge in [-0.2, -0.15) is 0 Å². The van der Waals surface area contributed by atoms with Gasteiger partial charge in [0.25, 0.3) is 0 Å². The highest BCUT2D eigenvalue weighted by molar-refractivity contribution is 5.92. The molecule has 0 aliphatic carbocycles. The molecule has 5 N–H and O–H groups in total. The van der Waals surface area contributed by atoms with Crippen molar-refractivity contribution in [2.45, 2.75) is 50.2 Å². The number of carboxylic acids is 1. The van der Waals surface area contributed by atoms with Gasteiger partial charge in [0.05, 0.1) is 6.04 Å². The Morgan fingerprint density at radius 3 is 2.53 bits per heavy atom. The second-order valence-corrected chi connectivity index (χ2v) is 7.93. The highest BCUT2D eigenvalue weighted by Crippen LogP contribution is 2.28. The maximum absolute atomic E-state index is 13.4. The lowest BCUT2D eigenvalue weighted by Gasteiger charge is -2.29. The van der Waals surface area contributed by atoms with Crippen LogP contribution in [0, 0.1) is 5.92 Å². The average Bonchev–Trinajstić information content (AvgIpc) is 3.37. The summed E-state index contributed by atoms with van der Waals surface area (Å²) in [6, 6.07) is 6.88. The van der Waals surface area contributed by atoms with Gasteiger partial charge < -0.3 is 26.4 Å². The van der Waals surface area contributed by atoms with Gasteiger partial charge in [0.2, 0.25) is 17.7 Å². The van der Waals surface area contributed by atoms with Crippen molar-refractivity contribution in [1.29, 1.82) is 0 Å². The predicted molar refractivity (Wildman–Crippen MR) is 108 cm³/mol. The van der Waals surface area contributed by atoms with E-state index in [1.807, 2.05) is 30.3 Å². The Hall–Kier alpha value is -2.94. The summed E-state index contributed by atoms with van der Waals surface area (Å²) in [5.74, 6) is -3.02. The number of carboxylic acid groups (broad SMARTS) is 1. The van der Waals surface area contributed by atoms with Crippen molar-refractivity contribution < 1.29 is 24.3 Å². The molecule has 2 heterocycles. The van der Waals surface area contributed by atoms with Gasteiger partial charge in [0.15, 0.2) is 0 Å². The predicted octanol–water partition coefficient (Wildman–Crippen LogP) is -0.357. The molecule has 3 amide bonds. The first-order valence-corrected chi connectivity index (χ1v) is 10.3. The zero-order valence-electron chi connectivity index (χ0n) is 16.8. The number of likely N-dealkylation sites (tertiary alicyclic amines) is 1. The summed E-state index contributed by atoms with van der Waals surface area (Å²) in [6.45, 7) is 0.952. The van der Waals surface area contributed by atoms with Gasteiger partial charge >= 0.3 is 5.97 Å². The lowest BCUT2D eigenvalue weighted by molar-refractivity contribution is -0.151. The lowest BCUT2D eigenvalue weighted by Crippen LogP contribution is -2.55. The molecular formula is C21H28N4O5. The van der Waals surface area contributed by atoms with E-state index >= 15 is 0 Å². The van der Waals surface area contributed by atoms with Gasteiger partial charge in [-0.25, -0.2) is 4.79 Å². The maximum Gasteiger partial charge on any atom is 0.326 e. The second kappa shape index (κ2) is 9.71. The van der Waals surface area contributed by atoms with Crippen LogP contribution in [0.4, 0.5) is 0 Å². The van der Waals surface area contributed by atoms with Crippen LogP contribution in [0.2, 0.25) is 0 Å². The van der Waals surface area contributed by atoms with E-state index in [0.717, 1.165) is 18.5 Å². The van der Waals surface area contributed by atoms with Gasteiger partial charge in [0.1, 0.15) is 12.1 Å². The molecule has 3 rings (SSSR count). The van der Waals surface area contributed by atoms with Gasteiger partial charge in [-0.1, -0.05) is 30.3 Å². The number of nitrogens with zero attached hydrogens (tertiary/aromatic N) is 1. The molecule has 2 aliphatic heterocycles. The molecule has 9 heteroatoms. The van der Waals surface area contributed by atoms with Gasteiger partial charge in [0, 0.05) is 25.3 Å². The molecule has 30 heavy (non-hydrogen) atoms. The van der Waals surface area contributed by atoms with Gasteiger partial charge in [-0.15, -0.1) is 0 Å². The summed E-state index contributed by atoms with van der Waals surface area (Å²) in [7, 11) is 0. The number of nitrogens with one attached hydrogen (secondary N) is 2. The first-order chi connectivity index (χ1) is 14.4. The van der Waals surface area contributed by atoms with E-state index in [-0.39, 0.29) is 31.3 Å². The summed E-state index contributed by atoms with van der Waals surface area (Å²) in [5, 5.41) is 15.6. The Labute approximate surface area is 175 Å². The van der Waals surface area contributed by atoms with E-state index in [0.29, 0.717) is 12.8 Å². The molecule has 0 aromatic heterocycles. The second-order valence-electron chi connectivity index (χ2n) is 7.93. The first kappa shape index (κ1) is 21.8. The summed E-state index contributed by atoms with van der Waals surface area (Å²) < 4.78 is 0. The number of carbonyl (C=O) groups excluding carboxylic acids is 3. The van der Waals surface area contributed by atoms with Crippen molar-refractivity contribution in [3.05, 3.63) is 35.9 Å². The lowest BCUT2D eigenvalue weighted by atomic mass is 9.96. The minimum absolute atomic E-state index is 0.0948. The molecule has 2 saturated heterocycles. The molecule has 1 aromatic carbocycles. The number of nitrogens with two attached hydrogens (primary N) is 1. The van der Waals surface area contributed by atoms with Gasteiger partial charge in [-0.3, -0.25) is 14.4 Å². The van der Waals surface area contributed by atoms with Crippen molar-refractivity contribution in [3.63, 3.8) is 0 Å². The molecule has 0 bridgehead atoms. The van der Waals surface area contributed by atoms with Crippen molar-refractivity contribution in [2.75, 3.05) is 13.1 Å². The van der Waals surface area contributed by atoms with Crippen LogP contribution in [0.25, 0.3) is 0 Å². The zero-order valence-corrected chi connectivity index (χ0v) is 16.8. The van der Waals surface area contributed by atoms with Crippen molar-refractivity contribution >= 4 is 23.7 Å². The Balaban J connectivity index is 1.80. The fourth-order valence-electron chi connectivity index (χ4n) is 4.34. The molecule has 4 atom stereocenters. The van der Waals surface area contributed by atoms with Crippen LogP contribution in [0.3, 0.4) is 0 Å². The molecule has 0 unspecified atom stereocenters. The molecule has 1 aromatic rings. The molecule has 0 radical (unpaired) electrons. The Morgan fingerprint density at radius 2 is 1.93 bits per heavy atom. The molecule has 162 valence electrons. The SMILES string of the molecule is NC(=O)C[C@H]1CCN(C(=O)[C@H](Cc2ccccc2)NC(=O)[C@@H]2CCCN2)[C@@H]1C(=O)O. The van der Waals surface area contributed by atoms with E-state index < -0.39 is 35.8 Å². The van der Waals surface area contributed by atoms with Crippen LogP contribution in [-0.4, -0.2) is 64.9 Å². The minimum Gasteiger partial charge on any atom is -0.480 e. The van der Waals surface area contributed by atoms with Crippen molar-refractivity contribution in [2.24, 2.45) is 11.7 Å². The Morgan fingerprint density at radius 1 is 1.20 bits per heavy atom. The number of rotatable bonds is 8. The van der Waals surface area contributed by atoms with E-state index in [2.05, 4.69) is 10.6 Å². The van der Waals surface area contributed by atoms with E-state index in [1.54, 1.807) is 0 Å². The molecule has 2 aliphatic rings. The molecule has 0 spiro atoms. The third kappa shape index (κ3) is 5.15. The number of amides is 3. The summed E-state index contributed by atoms with van der Waals surface area (Å²) in [6.07, 6.45) is 2.11. The third-order valence-electron chi connectivity index (χ3n) is 5.80. The zero-order chi connectivity index (χ0) is 21.7. The van der Waals surface area contributed by atoms with Crippen LogP contribution in [0.15, 0.2) is 30.3 Å². The minimum atomic E-state index is -1.17. The number of benzene rings is 1. The Bertz CT molecular complexity index is 794. The smallest absolute Gasteiger partial charge is 0.326 e. The number of hydrogen-bond acceptors (Lipinski definition) is 5. The topological polar surface area (TPSA) is 142 Å². The third-order valence-corrected chi connectivity index (χ3v) is 5.80. The summed E-state index contributed by atoms with van der Waals surface area (Å²) in [5.41, 5.74) is 6.11. The van der Waals surface area contributed by atoms with Crippen LogP contribution >= 0.6 is 0 Å². The molecule has 9 nitrogen and oxygen atoms in total. The molecule has 0 saturated carbocycles. The monoisotopic (exact) mass is 416 g/mol. The maximum atomic E-state index is 13.4. The fourth-order valence-corrected chi connectivity index (χ4v) is 4.34. The number of hydrogen-bond donors (Lipinski definition) is 4.